The maximum absolute atomic E-state index is 13.0. The molecule has 0 radical (unpaired) electrons. The van der Waals surface area contributed by atoms with E-state index in [1.165, 1.54) is 30.5 Å². The van der Waals surface area contributed by atoms with Crippen LogP contribution in [-0.2, 0) is 6.54 Å². The first-order valence-electron chi connectivity index (χ1n) is 10.8. The molecule has 8 nitrogen and oxygen atoms in total. The van der Waals surface area contributed by atoms with Gasteiger partial charge in [-0.2, -0.15) is 0 Å². The van der Waals surface area contributed by atoms with E-state index in [2.05, 4.69) is 38.8 Å². The van der Waals surface area contributed by atoms with Gasteiger partial charge in [-0.05, 0) is 37.4 Å². The Kier molecular flexibility index (Phi) is 8.53. The molecule has 0 bridgehead atoms. The minimum atomic E-state index is -0.395. The molecule has 31 heavy (non-hydrogen) atoms. The highest BCUT2D eigenvalue weighted by Crippen LogP contribution is 2.13. The van der Waals surface area contributed by atoms with Crippen LogP contribution >= 0.6 is 0 Å². The van der Waals surface area contributed by atoms with Crippen molar-refractivity contribution in [3.05, 3.63) is 47.9 Å². The van der Waals surface area contributed by atoms with Gasteiger partial charge in [0.25, 0.3) is 5.91 Å². The third kappa shape index (κ3) is 7.10. The van der Waals surface area contributed by atoms with Crippen LogP contribution in [0, 0.1) is 5.82 Å². The molecule has 2 aromatic rings. The zero-order valence-corrected chi connectivity index (χ0v) is 18.3. The van der Waals surface area contributed by atoms with E-state index in [0.29, 0.717) is 31.2 Å². The van der Waals surface area contributed by atoms with Gasteiger partial charge < -0.3 is 19.7 Å². The van der Waals surface area contributed by atoms with Crippen LogP contribution in [0.2, 0.25) is 0 Å². The quantitative estimate of drug-likeness (QED) is 0.592. The molecule has 170 valence electrons. The number of likely N-dealkylation sites (N-methyl/N-ethyl adjacent to an activating group) is 1. The highest BCUT2D eigenvalue weighted by atomic mass is 19.1. The smallest absolute Gasteiger partial charge is 0.277 e. The summed E-state index contributed by atoms with van der Waals surface area (Å²) in [6.07, 6.45) is 0.994. The van der Waals surface area contributed by atoms with Crippen LogP contribution in [0.1, 0.15) is 30.2 Å². The summed E-state index contributed by atoms with van der Waals surface area (Å²) >= 11 is 0. The normalized spacial score (nSPS) is 16.5. The first-order chi connectivity index (χ1) is 15.0. The number of carbonyl (C=O) groups excluding carboxylic acids is 1. The SMILES string of the molecule is CCN(CC)C[C@@H](O)CN1CCN(Cc2nc(C(=O)Nc3ccc(F)cc3)co2)CC1. The number of β-amino-alcohol motifs (C(OH)–C–C–N with tert-alkyl or cyclic N) is 1. The van der Waals surface area contributed by atoms with Gasteiger partial charge in [0.1, 0.15) is 12.1 Å². The molecule has 9 heteroatoms. The van der Waals surface area contributed by atoms with Gasteiger partial charge in [0.15, 0.2) is 5.69 Å². The van der Waals surface area contributed by atoms with E-state index < -0.39 is 5.91 Å². The maximum Gasteiger partial charge on any atom is 0.277 e. The Bertz CT molecular complexity index is 817. The lowest BCUT2D eigenvalue weighted by Crippen LogP contribution is -2.49. The molecule has 1 aromatic heterocycles. The van der Waals surface area contributed by atoms with Crippen molar-refractivity contribution in [3.63, 3.8) is 0 Å². The molecular weight excluding hydrogens is 401 g/mol. The minimum absolute atomic E-state index is 0.192. The van der Waals surface area contributed by atoms with Gasteiger partial charge >= 0.3 is 0 Å². The van der Waals surface area contributed by atoms with Gasteiger partial charge in [0, 0.05) is 45.0 Å². The number of aliphatic hydroxyl groups excluding tert-OH is 1. The highest BCUT2D eigenvalue weighted by molar-refractivity contribution is 6.02. The van der Waals surface area contributed by atoms with Crippen molar-refractivity contribution in [3.8, 4) is 0 Å². The Morgan fingerprint density at radius 3 is 2.48 bits per heavy atom. The highest BCUT2D eigenvalue weighted by Gasteiger charge is 2.22. The second-order valence-corrected chi connectivity index (χ2v) is 7.80. The van der Waals surface area contributed by atoms with Crippen molar-refractivity contribution in [1.29, 1.82) is 0 Å². The van der Waals surface area contributed by atoms with E-state index in [0.717, 1.165) is 39.3 Å². The van der Waals surface area contributed by atoms with Gasteiger partial charge in [0.05, 0.1) is 12.6 Å². The number of aromatic nitrogens is 1. The number of benzene rings is 1. The largest absolute Gasteiger partial charge is 0.447 e. The predicted octanol–water partition coefficient (Wildman–Crippen LogP) is 1.89. The van der Waals surface area contributed by atoms with Crippen LogP contribution in [-0.4, -0.2) is 89.2 Å². The molecule has 1 atom stereocenters. The van der Waals surface area contributed by atoms with Crippen LogP contribution in [0.3, 0.4) is 0 Å². The fraction of sp³-hybridized carbons (Fsp3) is 0.545. The Morgan fingerprint density at radius 2 is 1.84 bits per heavy atom. The van der Waals surface area contributed by atoms with Gasteiger partial charge in [0.2, 0.25) is 5.89 Å². The lowest BCUT2D eigenvalue weighted by molar-refractivity contribution is 0.0491. The van der Waals surface area contributed by atoms with Crippen LogP contribution in [0.4, 0.5) is 10.1 Å². The summed E-state index contributed by atoms with van der Waals surface area (Å²) < 4.78 is 18.4. The van der Waals surface area contributed by atoms with Crippen LogP contribution < -0.4 is 5.32 Å². The van der Waals surface area contributed by atoms with Crippen LogP contribution in [0.5, 0.6) is 0 Å². The number of amides is 1. The number of carbonyl (C=O) groups is 1. The van der Waals surface area contributed by atoms with Crippen molar-refractivity contribution in [2.45, 2.75) is 26.5 Å². The number of nitrogens with zero attached hydrogens (tertiary/aromatic N) is 4. The molecule has 0 spiro atoms. The molecule has 1 saturated heterocycles. The van der Waals surface area contributed by atoms with E-state index in [1.54, 1.807) is 0 Å². The topological polar surface area (TPSA) is 85.1 Å². The molecule has 0 saturated carbocycles. The third-order valence-corrected chi connectivity index (χ3v) is 5.54. The Balaban J connectivity index is 1.42. The van der Waals surface area contributed by atoms with Crippen molar-refractivity contribution in [2.75, 3.05) is 57.7 Å². The lowest BCUT2D eigenvalue weighted by atomic mass is 10.2. The molecule has 0 unspecified atom stereocenters. The monoisotopic (exact) mass is 433 g/mol. The Morgan fingerprint density at radius 1 is 1.19 bits per heavy atom. The molecule has 1 amide bonds. The summed E-state index contributed by atoms with van der Waals surface area (Å²) in [5.41, 5.74) is 0.688. The summed E-state index contributed by atoms with van der Waals surface area (Å²) in [5, 5.41) is 13.0. The zero-order chi connectivity index (χ0) is 22.2. The number of hydrogen-bond acceptors (Lipinski definition) is 7. The summed E-state index contributed by atoms with van der Waals surface area (Å²) in [6.45, 7) is 11.4. The van der Waals surface area contributed by atoms with Crippen LogP contribution in [0.25, 0.3) is 0 Å². The zero-order valence-electron chi connectivity index (χ0n) is 18.3. The first-order valence-corrected chi connectivity index (χ1v) is 10.8. The molecule has 2 heterocycles. The van der Waals surface area contributed by atoms with Gasteiger partial charge in [-0.3, -0.25) is 14.6 Å². The molecule has 1 aromatic carbocycles. The minimum Gasteiger partial charge on any atom is -0.447 e. The van der Waals surface area contributed by atoms with Crippen molar-refractivity contribution in [2.24, 2.45) is 0 Å². The second kappa shape index (κ2) is 11.3. The number of aliphatic hydroxyl groups is 1. The van der Waals surface area contributed by atoms with Crippen molar-refractivity contribution < 1.29 is 18.7 Å². The fourth-order valence-corrected chi connectivity index (χ4v) is 3.67. The Labute approximate surface area is 182 Å². The van der Waals surface area contributed by atoms with Crippen LogP contribution in [0.15, 0.2) is 34.9 Å². The molecule has 3 rings (SSSR count). The number of nitrogens with one attached hydrogen (secondary N) is 1. The molecule has 2 N–H and O–H groups in total. The number of anilines is 1. The molecule has 1 aliphatic rings. The molecule has 1 aliphatic heterocycles. The number of piperazine rings is 1. The molecule has 0 aliphatic carbocycles. The average Bonchev–Trinajstić information content (AvgIpc) is 3.23. The summed E-state index contributed by atoms with van der Waals surface area (Å²) in [7, 11) is 0. The van der Waals surface area contributed by atoms with E-state index in [1.807, 2.05) is 0 Å². The average molecular weight is 434 g/mol. The number of hydrogen-bond donors (Lipinski definition) is 2. The number of rotatable bonds is 10. The third-order valence-electron chi connectivity index (χ3n) is 5.54. The standard InChI is InChI=1S/C22H32FN5O3/c1-3-26(4-2)13-19(29)14-27-9-11-28(12-10-27)15-21-25-20(16-31-21)22(30)24-18-7-5-17(23)6-8-18/h5-8,16,19,29H,3-4,9-15H2,1-2H3,(H,24,30)/t19-/m1/s1. The van der Waals surface area contributed by atoms with Gasteiger partial charge in [-0.1, -0.05) is 13.8 Å². The van der Waals surface area contributed by atoms with Gasteiger partial charge in [-0.15, -0.1) is 0 Å². The van der Waals surface area contributed by atoms with Crippen molar-refractivity contribution in [1.82, 2.24) is 19.7 Å². The summed E-state index contributed by atoms with van der Waals surface area (Å²) in [4.78, 5) is 23.3. The summed E-state index contributed by atoms with van der Waals surface area (Å²) in [6, 6.07) is 5.55. The van der Waals surface area contributed by atoms with E-state index in [-0.39, 0.29) is 17.6 Å². The predicted molar refractivity (Wildman–Crippen MR) is 116 cm³/mol. The summed E-state index contributed by atoms with van der Waals surface area (Å²) in [5.74, 6) is -0.270. The Hall–Kier alpha value is -2.33. The van der Waals surface area contributed by atoms with Gasteiger partial charge in [-0.25, -0.2) is 9.37 Å². The fourth-order valence-electron chi connectivity index (χ4n) is 3.67. The van der Waals surface area contributed by atoms with Crippen molar-refractivity contribution >= 4 is 11.6 Å². The van der Waals surface area contributed by atoms with E-state index in [4.69, 9.17) is 4.42 Å². The molecule has 1 fully saturated rings. The molecular formula is C22H32FN5O3. The number of oxazole rings is 1. The maximum atomic E-state index is 13.0. The first kappa shape index (κ1) is 23.3. The van der Waals surface area contributed by atoms with E-state index in [9.17, 15) is 14.3 Å². The van der Waals surface area contributed by atoms with E-state index >= 15 is 0 Å². The second-order valence-electron chi connectivity index (χ2n) is 7.80. The lowest BCUT2D eigenvalue weighted by Gasteiger charge is -2.35. The number of halogens is 1.